The van der Waals surface area contributed by atoms with Crippen LogP contribution in [0.2, 0.25) is 0 Å². The van der Waals surface area contributed by atoms with Crippen molar-refractivity contribution < 1.29 is 14.6 Å². The first-order valence-corrected chi connectivity index (χ1v) is 12.4. The Morgan fingerprint density at radius 2 is 1.72 bits per heavy atom. The number of phenols is 1. The first-order valence-electron chi connectivity index (χ1n) is 12.4. The van der Waals surface area contributed by atoms with Gasteiger partial charge >= 0.3 is 0 Å². The molecule has 0 fully saturated rings. The monoisotopic (exact) mass is 481 g/mol. The molecule has 2 N–H and O–H groups in total. The third-order valence-electron chi connectivity index (χ3n) is 6.70. The third-order valence-corrected chi connectivity index (χ3v) is 6.70. The fraction of sp³-hybridized carbons (Fsp3) is 0.267. The molecular weight excluding hydrogens is 450 g/mol. The van der Waals surface area contributed by atoms with Crippen molar-refractivity contribution in [2.45, 2.75) is 46.7 Å². The van der Waals surface area contributed by atoms with Crippen molar-refractivity contribution in [3.63, 3.8) is 0 Å². The van der Waals surface area contributed by atoms with Gasteiger partial charge in [-0.15, -0.1) is 0 Å². The second kappa shape index (κ2) is 9.53. The lowest BCUT2D eigenvalue weighted by Crippen LogP contribution is -2.29. The van der Waals surface area contributed by atoms with Crippen LogP contribution < -0.4 is 4.74 Å². The topological polar surface area (TPSA) is 78.5 Å². The lowest BCUT2D eigenvalue weighted by Gasteiger charge is -2.27. The summed E-state index contributed by atoms with van der Waals surface area (Å²) in [4.78, 5) is 15.6. The Morgan fingerprint density at radius 1 is 1.00 bits per heavy atom. The third kappa shape index (κ3) is 4.24. The van der Waals surface area contributed by atoms with Crippen molar-refractivity contribution in [1.82, 2.24) is 15.1 Å². The van der Waals surface area contributed by atoms with Gasteiger partial charge in [-0.25, -0.2) is 0 Å². The minimum absolute atomic E-state index is 0.107. The van der Waals surface area contributed by atoms with Crippen molar-refractivity contribution in [1.29, 1.82) is 0 Å². The number of aromatic amines is 1. The summed E-state index contributed by atoms with van der Waals surface area (Å²) < 4.78 is 5.79. The minimum atomic E-state index is -0.358. The molecule has 1 aliphatic heterocycles. The molecule has 0 aliphatic carbocycles. The highest BCUT2D eigenvalue weighted by atomic mass is 16.5. The highest BCUT2D eigenvalue weighted by Gasteiger charge is 2.42. The van der Waals surface area contributed by atoms with E-state index in [4.69, 9.17) is 4.74 Å². The standard InChI is InChI=1S/C30H31N3O3/c1-5-14-36-23-12-10-22(11-13-23)29-26-27(25-20(4)15-19(3)16-24(25)34)31-32-28(26)30(35)33(29)17-21-8-6-18(2)7-9-21/h6-13,15-16,29,34H,5,14,17H2,1-4H3,(H,31,32). The number of aromatic nitrogens is 2. The van der Waals surface area contributed by atoms with Crippen molar-refractivity contribution >= 4 is 5.91 Å². The first kappa shape index (κ1) is 23.7. The summed E-state index contributed by atoms with van der Waals surface area (Å²) in [7, 11) is 0. The molecule has 1 aromatic heterocycles. The van der Waals surface area contributed by atoms with Crippen LogP contribution in [0.1, 0.15) is 63.3 Å². The van der Waals surface area contributed by atoms with E-state index in [0.717, 1.165) is 40.0 Å². The fourth-order valence-corrected chi connectivity index (χ4v) is 5.01. The smallest absolute Gasteiger partial charge is 0.273 e. The number of aromatic hydroxyl groups is 1. The second-order valence-electron chi connectivity index (χ2n) is 9.58. The number of carbonyl (C=O) groups is 1. The van der Waals surface area contributed by atoms with Crippen LogP contribution in [0.5, 0.6) is 11.5 Å². The van der Waals surface area contributed by atoms with E-state index >= 15 is 0 Å². The largest absolute Gasteiger partial charge is 0.507 e. The number of carbonyl (C=O) groups excluding carboxylic acids is 1. The molecule has 5 rings (SSSR count). The van der Waals surface area contributed by atoms with E-state index in [9.17, 15) is 9.90 Å². The molecule has 1 unspecified atom stereocenters. The van der Waals surface area contributed by atoms with Gasteiger partial charge in [0, 0.05) is 17.7 Å². The summed E-state index contributed by atoms with van der Waals surface area (Å²) in [5.41, 5.74) is 7.58. The predicted molar refractivity (Wildman–Crippen MR) is 140 cm³/mol. The molecule has 4 aromatic rings. The molecule has 0 spiro atoms. The Kier molecular flexibility index (Phi) is 6.27. The molecule has 1 atom stereocenters. The van der Waals surface area contributed by atoms with Gasteiger partial charge in [0.1, 0.15) is 22.9 Å². The zero-order chi connectivity index (χ0) is 25.4. The predicted octanol–water partition coefficient (Wildman–Crippen LogP) is 6.24. The number of phenolic OH excluding ortho intramolecular Hbond substituents is 1. The van der Waals surface area contributed by atoms with Crippen molar-refractivity contribution in [2.75, 3.05) is 6.61 Å². The number of rotatable bonds is 7. The van der Waals surface area contributed by atoms with Gasteiger partial charge in [0.25, 0.3) is 5.91 Å². The van der Waals surface area contributed by atoms with Crippen LogP contribution in [-0.4, -0.2) is 32.7 Å². The molecule has 3 aromatic carbocycles. The number of hydrogen-bond donors (Lipinski definition) is 2. The molecule has 184 valence electrons. The molecule has 1 amide bonds. The fourth-order valence-electron chi connectivity index (χ4n) is 5.01. The van der Waals surface area contributed by atoms with Gasteiger partial charge in [-0.2, -0.15) is 5.10 Å². The maximum atomic E-state index is 13.7. The number of benzene rings is 3. The average molecular weight is 482 g/mol. The number of H-pyrrole nitrogens is 1. The van der Waals surface area contributed by atoms with Gasteiger partial charge in [0.15, 0.2) is 0 Å². The van der Waals surface area contributed by atoms with Crippen LogP contribution >= 0.6 is 0 Å². The van der Waals surface area contributed by atoms with Gasteiger partial charge in [-0.05, 0) is 67.6 Å². The number of ether oxygens (including phenoxy) is 1. The minimum Gasteiger partial charge on any atom is -0.507 e. The average Bonchev–Trinajstić information content (AvgIpc) is 3.38. The summed E-state index contributed by atoms with van der Waals surface area (Å²) in [6.45, 7) is 9.14. The van der Waals surface area contributed by atoms with Crippen molar-refractivity contribution in [3.8, 4) is 22.8 Å². The molecule has 0 saturated carbocycles. The zero-order valence-electron chi connectivity index (χ0n) is 21.1. The summed E-state index contributed by atoms with van der Waals surface area (Å²) in [5, 5.41) is 18.4. The van der Waals surface area contributed by atoms with E-state index in [0.29, 0.717) is 30.1 Å². The molecule has 0 bridgehead atoms. The lowest BCUT2D eigenvalue weighted by atomic mass is 9.93. The van der Waals surface area contributed by atoms with E-state index in [1.165, 1.54) is 5.56 Å². The second-order valence-corrected chi connectivity index (χ2v) is 9.58. The highest BCUT2D eigenvalue weighted by Crippen LogP contribution is 2.46. The number of nitrogens with zero attached hydrogens (tertiary/aromatic N) is 2. The molecule has 6 nitrogen and oxygen atoms in total. The maximum Gasteiger partial charge on any atom is 0.273 e. The Bertz CT molecular complexity index is 1380. The number of nitrogens with one attached hydrogen (secondary N) is 1. The SMILES string of the molecule is CCCOc1ccc(C2c3c(-c4c(C)cc(C)cc4O)n[nH]c3C(=O)N2Cc2ccc(C)cc2)cc1. The Hall–Kier alpha value is -4.06. The quantitative estimate of drug-likeness (QED) is 0.327. The van der Waals surface area contributed by atoms with Crippen LogP contribution in [0.25, 0.3) is 11.3 Å². The lowest BCUT2D eigenvalue weighted by molar-refractivity contribution is 0.0730. The van der Waals surface area contributed by atoms with Crippen LogP contribution in [0.15, 0.2) is 60.7 Å². The van der Waals surface area contributed by atoms with E-state index in [1.807, 2.05) is 49.1 Å². The van der Waals surface area contributed by atoms with Crippen LogP contribution in [0.4, 0.5) is 0 Å². The summed E-state index contributed by atoms with van der Waals surface area (Å²) in [6.07, 6.45) is 0.935. The maximum absolute atomic E-state index is 13.7. The van der Waals surface area contributed by atoms with Crippen LogP contribution in [0.3, 0.4) is 0 Å². The van der Waals surface area contributed by atoms with Gasteiger partial charge < -0.3 is 14.7 Å². The summed E-state index contributed by atoms with van der Waals surface area (Å²) >= 11 is 0. The van der Waals surface area contributed by atoms with Crippen molar-refractivity contribution in [3.05, 3.63) is 99.7 Å². The van der Waals surface area contributed by atoms with E-state index < -0.39 is 0 Å². The van der Waals surface area contributed by atoms with Gasteiger partial charge in [0.2, 0.25) is 0 Å². The molecule has 1 aliphatic rings. The number of amides is 1. The van der Waals surface area contributed by atoms with E-state index in [2.05, 4.69) is 48.3 Å². The number of hydrogen-bond acceptors (Lipinski definition) is 4. The number of fused-ring (bicyclic) bond motifs is 1. The van der Waals surface area contributed by atoms with Crippen molar-refractivity contribution in [2.24, 2.45) is 0 Å². The number of aryl methyl sites for hydroxylation is 3. The normalized spacial score (nSPS) is 14.8. The molecule has 6 heteroatoms. The molecule has 2 heterocycles. The Labute approximate surface area is 211 Å². The Morgan fingerprint density at radius 3 is 2.39 bits per heavy atom. The molecule has 36 heavy (non-hydrogen) atoms. The van der Waals surface area contributed by atoms with E-state index in [-0.39, 0.29) is 17.7 Å². The molecular formula is C30H31N3O3. The molecule has 0 saturated heterocycles. The highest BCUT2D eigenvalue weighted by molar-refractivity contribution is 6.00. The zero-order valence-corrected chi connectivity index (χ0v) is 21.1. The molecule has 0 radical (unpaired) electrons. The van der Waals surface area contributed by atoms with Crippen LogP contribution in [0, 0.1) is 20.8 Å². The van der Waals surface area contributed by atoms with Gasteiger partial charge in [-0.3, -0.25) is 9.89 Å². The van der Waals surface area contributed by atoms with E-state index in [1.54, 1.807) is 6.07 Å². The summed E-state index contributed by atoms with van der Waals surface area (Å²) in [6, 6.07) is 19.6. The summed E-state index contributed by atoms with van der Waals surface area (Å²) in [5.74, 6) is 0.854. The Balaban J connectivity index is 1.63. The first-order chi connectivity index (χ1) is 17.4. The van der Waals surface area contributed by atoms with Crippen LogP contribution in [-0.2, 0) is 6.54 Å². The van der Waals surface area contributed by atoms with Gasteiger partial charge in [0.05, 0.1) is 12.6 Å². The van der Waals surface area contributed by atoms with Gasteiger partial charge in [-0.1, -0.05) is 55.0 Å².